The molecule has 2 fully saturated rings. The average molecular weight is 325 g/mol. The van der Waals surface area contributed by atoms with Crippen molar-refractivity contribution >= 4 is 11.9 Å². The van der Waals surface area contributed by atoms with Gasteiger partial charge in [0.05, 0.1) is 25.6 Å². The van der Waals surface area contributed by atoms with Gasteiger partial charge in [0.25, 0.3) is 0 Å². The third-order valence-electron chi connectivity index (χ3n) is 5.77. The van der Waals surface area contributed by atoms with Gasteiger partial charge in [-0.3, -0.25) is 9.59 Å². The Bertz CT molecular complexity index is 437. The van der Waals surface area contributed by atoms with Crippen LogP contribution < -0.4 is 0 Å². The van der Waals surface area contributed by atoms with Gasteiger partial charge in [0.15, 0.2) is 0 Å². The molecule has 5 atom stereocenters. The van der Waals surface area contributed by atoms with Gasteiger partial charge in [-0.05, 0) is 38.0 Å². The van der Waals surface area contributed by atoms with Crippen LogP contribution in [0.4, 0.5) is 0 Å². The van der Waals surface area contributed by atoms with Crippen molar-refractivity contribution in [2.75, 3.05) is 14.2 Å². The summed E-state index contributed by atoms with van der Waals surface area (Å²) in [6, 6.07) is 0.626. The fourth-order valence-corrected chi connectivity index (χ4v) is 4.32. The van der Waals surface area contributed by atoms with Crippen LogP contribution in [0, 0.1) is 17.8 Å². The summed E-state index contributed by atoms with van der Waals surface area (Å²) in [6.45, 7) is 6.22. The molecule has 2 aliphatic rings. The highest BCUT2D eigenvalue weighted by molar-refractivity contribution is 5.85. The second-order valence-electron chi connectivity index (χ2n) is 7.38. The number of nitrogens with zero attached hydrogens (tertiary/aromatic N) is 1. The fraction of sp³-hybridized carbons (Fsp3) is 0.889. The van der Waals surface area contributed by atoms with E-state index in [2.05, 4.69) is 18.7 Å². The molecule has 5 heteroatoms. The summed E-state index contributed by atoms with van der Waals surface area (Å²) in [6.07, 6.45) is 4.40. The number of esters is 1. The SMILES string of the molecule is COC(=O)C[C@H](C(=O)N1C2CCC[C@H]2C[C@H]1C(C)C)[C@H](C)OC. The van der Waals surface area contributed by atoms with Crippen molar-refractivity contribution in [2.45, 2.75) is 71.1 Å². The van der Waals surface area contributed by atoms with Gasteiger partial charge in [0.1, 0.15) is 0 Å². The molecule has 1 saturated heterocycles. The van der Waals surface area contributed by atoms with Crippen LogP contribution in [0.25, 0.3) is 0 Å². The molecule has 23 heavy (non-hydrogen) atoms. The van der Waals surface area contributed by atoms with E-state index in [1.165, 1.54) is 20.0 Å². The second-order valence-corrected chi connectivity index (χ2v) is 7.38. The standard InChI is InChI=1S/C18H31NO4/c1-11(2)16-9-13-7-6-8-15(13)19(16)18(21)14(12(3)22-4)10-17(20)23-5/h11-16H,6-10H2,1-5H3/t12-,13-,14-,15?,16-/m0/s1. The predicted molar refractivity (Wildman–Crippen MR) is 87.8 cm³/mol. The molecular formula is C18H31NO4. The monoisotopic (exact) mass is 325 g/mol. The molecule has 1 aliphatic heterocycles. The quantitative estimate of drug-likeness (QED) is 0.705. The molecular weight excluding hydrogens is 294 g/mol. The summed E-state index contributed by atoms with van der Waals surface area (Å²) >= 11 is 0. The Morgan fingerprint density at radius 1 is 1.17 bits per heavy atom. The number of likely N-dealkylation sites (tertiary alicyclic amines) is 1. The molecule has 2 rings (SSSR count). The Balaban J connectivity index is 2.23. The van der Waals surface area contributed by atoms with E-state index in [0.717, 1.165) is 12.8 Å². The molecule has 1 saturated carbocycles. The van der Waals surface area contributed by atoms with Crippen LogP contribution in [0.15, 0.2) is 0 Å². The van der Waals surface area contributed by atoms with Gasteiger partial charge in [0.2, 0.25) is 5.91 Å². The maximum Gasteiger partial charge on any atom is 0.306 e. The van der Waals surface area contributed by atoms with Gasteiger partial charge >= 0.3 is 5.97 Å². The summed E-state index contributed by atoms with van der Waals surface area (Å²) in [5.74, 6) is 0.311. The number of hydrogen-bond donors (Lipinski definition) is 0. The molecule has 0 aromatic carbocycles. The van der Waals surface area contributed by atoms with Crippen molar-refractivity contribution in [1.29, 1.82) is 0 Å². The number of carbonyl (C=O) groups is 2. The van der Waals surface area contributed by atoms with Crippen LogP contribution in [0.1, 0.15) is 52.9 Å². The summed E-state index contributed by atoms with van der Waals surface area (Å²) < 4.78 is 10.2. The maximum absolute atomic E-state index is 13.3. The highest BCUT2D eigenvalue weighted by Gasteiger charge is 2.48. The first-order valence-corrected chi connectivity index (χ1v) is 8.82. The topological polar surface area (TPSA) is 55.8 Å². The van der Waals surface area contributed by atoms with Gasteiger partial charge in [-0.15, -0.1) is 0 Å². The first-order chi connectivity index (χ1) is 10.9. The lowest BCUT2D eigenvalue weighted by Crippen LogP contribution is -2.49. The Morgan fingerprint density at radius 3 is 2.43 bits per heavy atom. The Kier molecular flexibility index (Phi) is 6.06. The summed E-state index contributed by atoms with van der Waals surface area (Å²) in [4.78, 5) is 27.2. The second kappa shape index (κ2) is 7.65. The maximum atomic E-state index is 13.3. The summed E-state index contributed by atoms with van der Waals surface area (Å²) in [5.41, 5.74) is 0. The van der Waals surface area contributed by atoms with Crippen LogP contribution >= 0.6 is 0 Å². The minimum absolute atomic E-state index is 0.0675. The molecule has 1 amide bonds. The van der Waals surface area contributed by atoms with Crippen molar-refractivity contribution in [3.63, 3.8) is 0 Å². The molecule has 1 aliphatic carbocycles. The smallest absolute Gasteiger partial charge is 0.306 e. The van der Waals surface area contributed by atoms with Gasteiger partial charge in [-0.25, -0.2) is 0 Å². The zero-order valence-electron chi connectivity index (χ0n) is 15.1. The van der Waals surface area contributed by atoms with E-state index >= 15 is 0 Å². The molecule has 1 heterocycles. The largest absolute Gasteiger partial charge is 0.469 e. The highest BCUT2D eigenvalue weighted by atomic mass is 16.5. The van der Waals surface area contributed by atoms with Crippen LogP contribution in [0.5, 0.6) is 0 Å². The van der Waals surface area contributed by atoms with Crippen molar-refractivity contribution in [1.82, 2.24) is 4.90 Å². The van der Waals surface area contributed by atoms with Crippen molar-refractivity contribution in [3.05, 3.63) is 0 Å². The molecule has 1 unspecified atom stereocenters. The number of methoxy groups -OCH3 is 2. The van der Waals surface area contributed by atoms with Gasteiger partial charge in [-0.2, -0.15) is 0 Å². The van der Waals surface area contributed by atoms with Crippen molar-refractivity contribution in [3.8, 4) is 0 Å². The number of ether oxygens (including phenoxy) is 2. The molecule has 0 aromatic rings. The third kappa shape index (κ3) is 3.70. The van der Waals surface area contributed by atoms with E-state index in [0.29, 0.717) is 17.9 Å². The first-order valence-electron chi connectivity index (χ1n) is 8.82. The molecule has 0 spiro atoms. The predicted octanol–water partition coefficient (Wildman–Crippen LogP) is 2.63. The van der Waals surface area contributed by atoms with Gasteiger partial charge in [-0.1, -0.05) is 20.3 Å². The van der Waals surface area contributed by atoms with E-state index in [1.54, 1.807) is 7.11 Å². The molecule has 0 N–H and O–H groups in total. The number of rotatable bonds is 6. The van der Waals surface area contributed by atoms with E-state index in [1.807, 2.05) is 6.92 Å². The number of carbonyl (C=O) groups excluding carboxylic acids is 2. The van der Waals surface area contributed by atoms with Gasteiger partial charge in [0, 0.05) is 19.2 Å². The van der Waals surface area contributed by atoms with Crippen LogP contribution in [-0.2, 0) is 19.1 Å². The van der Waals surface area contributed by atoms with E-state index in [9.17, 15) is 9.59 Å². The van der Waals surface area contributed by atoms with Gasteiger partial charge < -0.3 is 14.4 Å². The Labute approximate surface area is 139 Å². The number of amides is 1. The van der Waals surface area contributed by atoms with Crippen LogP contribution in [0.2, 0.25) is 0 Å². The lowest BCUT2D eigenvalue weighted by Gasteiger charge is -2.36. The lowest BCUT2D eigenvalue weighted by molar-refractivity contribution is -0.152. The highest BCUT2D eigenvalue weighted by Crippen LogP contribution is 2.44. The zero-order valence-corrected chi connectivity index (χ0v) is 15.1. The number of hydrogen-bond acceptors (Lipinski definition) is 4. The minimum Gasteiger partial charge on any atom is -0.469 e. The normalized spacial score (nSPS) is 29.5. The molecule has 0 bridgehead atoms. The Hall–Kier alpha value is -1.10. The zero-order chi connectivity index (χ0) is 17.1. The van der Waals surface area contributed by atoms with Crippen LogP contribution in [0.3, 0.4) is 0 Å². The molecule has 5 nitrogen and oxygen atoms in total. The van der Waals surface area contributed by atoms with E-state index in [-0.39, 0.29) is 30.4 Å². The minimum atomic E-state index is -0.465. The fourth-order valence-electron chi connectivity index (χ4n) is 4.32. The molecule has 0 radical (unpaired) electrons. The van der Waals surface area contributed by atoms with Crippen molar-refractivity contribution in [2.24, 2.45) is 17.8 Å². The first kappa shape index (κ1) is 18.2. The van der Waals surface area contributed by atoms with E-state index < -0.39 is 5.92 Å². The van der Waals surface area contributed by atoms with Crippen LogP contribution in [-0.4, -0.2) is 49.2 Å². The summed E-state index contributed by atoms with van der Waals surface area (Å²) in [7, 11) is 2.95. The average Bonchev–Trinajstić information content (AvgIpc) is 3.11. The number of fused-ring (bicyclic) bond motifs is 1. The van der Waals surface area contributed by atoms with Crippen molar-refractivity contribution < 1.29 is 19.1 Å². The lowest BCUT2D eigenvalue weighted by atomic mass is 9.94. The van der Waals surface area contributed by atoms with E-state index in [4.69, 9.17) is 9.47 Å². The molecule has 0 aromatic heterocycles. The Morgan fingerprint density at radius 2 is 1.87 bits per heavy atom. The summed E-state index contributed by atoms with van der Waals surface area (Å²) in [5, 5.41) is 0. The third-order valence-corrected chi connectivity index (χ3v) is 5.77. The molecule has 132 valence electrons.